The Morgan fingerprint density at radius 2 is 1.18 bits per heavy atom. The van der Waals surface area contributed by atoms with E-state index in [4.69, 9.17) is 38.5 Å². The van der Waals surface area contributed by atoms with Crippen molar-refractivity contribution in [3.63, 3.8) is 0 Å². The third kappa shape index (κ3) is 17.0. The molecule has 14 heteroatoms. The number of nitrogens with zero attached hydrogens (tertiary/aromatic N) is 3. The van der Waals surface area contributed by atoms with E-state index in [0.29, 0.717) is 72.2 Å². The summed E-state index contributed by atoms with van der Waals surface area (Å²) in [6, 6.07) is 26.1. The van der Waals surface area contributed by atoms with Crippen LogP contribution in [0.3, 0.4) is 0 Å². The van der Waals surface area contributed by atoms with Gasteiger partial charge < -0.3 is 28.4 Å². The van der Waals surface area contributed by atoms with Crippen molar-refractivity contribution in [1.29, 1.82) is 0 Å². The molecule has 0 bridgehead atoms. The molecule has 4 aromatic carbocycles. The van der Waals surface area contributed by atoms with Crippen molar-refractivity contribution >= 4 is 56.8 Å². The fourth-order valence-corrected chi connectivity index (χ4v) is 7.08. The number of hydrogen-bond acceptors (Lipinski definition) is 14. The maximum absolute atomic E-state index is 13.5. The van der Waals surface area contributed by atoms with Crippen LogP contribution in [0.4, 0.5) is 5.13 Å². The van der Waals surface area contributed by atoms with E-state index in [1.807, 2.05) is 29.3 Å². The Labute approximate surface area is 384 Å². The number of rotatable bonds is 28. The lowest BCUT2D eigenvalue weighted by molar-refractivity contribution is -0.138. The zero-order valence-corrected chi connectivity index (χ0v) is 37.9. The van der Waals surface area contributed by atoms with Gasteiger partial charge in [-0.3, -0.25) is 0 Å². The van der Waals surface area contributed by atoms with Gasteiger partial charge in [0.1, 0.15) is 23.0 Å². The molecule has 0 unspecified atom stereocenters. The van der Waals surface area contributed by atoms with E-state index < -0.39 is 23.9 Å². The summed E-state index contributed by atoms with van der Waals surface area (Å²) < 4.78 is 34.5. The number of unbranched alkanes of at least 4 members (excludes halogenated alkanes) is 6. The van der Waals surface area contributed by atoms with Gasteiger partial charge >= 0.3 is 23.9 Å². The van der Waals surface area contributed by atoms with E-state index in [9.17, 15) is 19.2 Å². The first-order valence-electron chi connectivity index (χ1n) is 21.9. The van der Waals surface area contributed by atoms with Crippen LogP contribution < -0.4 is 24.0 Å². The summed E-state index contributed by atoms with van der Waals surface area (Å²) in [5, 5.41) is 7.40. The number of hydrogen-bond donors (Lipinski definition) is 0. The average Bonchev–Trinajstić information content (AvgIpc) is 3.75. The van der Waals surface area contributed by atoms with Crippen molar-refractivity contribution in [2.45, 2.75) is 71.6 Å². The molecule has 0 N–H and O–H groups in total. The fourth-order valence-electron chi connectivity index (χ4n) is 6.13. The van der Waals surface area contributed by atoms with E-state index in [0.717, 1.165) is 80.2 Å². The second-order valence-electron chi connectivity index (χ2n) is 15.3. The third-order valence-corrected chi connectivity index (χ3v) is 10.8. The molecular formula is C51H57N3O10S. The van der Waals surface area contributed by atoms with Gasteiger partial charge in [0.05, 0.1) is 54.0 Å². The number of thiazole rings is 1. The molecule has 0 atom stereocenters. The van der Waals surface area contributed by atoms with Gasteiger partial charge in [0.25, 0.3) is 0 Å². The molecule has 0 aliphatic heterocycles. The van der Waals surface area contributed by atoms with Gasteiger partial charge in [0.2, 0.25) is 5.13 Å². The Morgan fingerprint density at radius 3 is 1.72 bits per heavy atom. The highest BCUT2D eigenvalue weighted by molar-refractivity contribution is 7.22. The normalized spacial score (nSPS) is 11.0. The summed E-state index contributed by atoms with van der Waals surface area (Å²) in [6.45, 7) is 13.4. The molecule has 0 fully saturated rings. The lowest BCUT2D eigenvalue weighted by atomic mass is 10.1. The van der Waals surface area contributed by atoms with Gasteiger partial charge in [-0.05, 0) is 143 Å². The van der Waals surface area contributed by atoms with Crippen LogP contribution in [0.1, 0.15) is 97.9 Å². The molecule has 5 rings (SSSR count). The van der Waals surface area contributed by atoms with Crippen molar-refractivity contribution in [3.05, 3.63) is 133 Å². The highest BCUT2D eigenvalue weighted by Crippen LogP contribution is 2.31. The monoisotopic (exact) mass is 903 g/mol. The molecule has 1 heterocycles. The van der Waals surface area contributed by atoms with Gasteiger partial charge in [0, 0.05) is 24.3 Å². The van der Waals surface area contributed by atoms with E-state index in [-0.39, 0.29) is 11.5 Å². The number of aromatic nitrogens is 1. The Bertz CT molecular complexity index is 2330. The molecule has 342 valence electrons. The lowest BCUT2D eigenvalue weighted by Crippen LogP contribution is -2.19. The van der Waals surface area contributed by atoms with Crippen LogP contribution in [-0.2, 0) is 19.1 Å². The standard InChI is InChI=1S/C51H57N3O10S/c1-5-47(55)61-33-15-9-7-13-31-59-41-23-19-38(20-24-41)49(57)63-43-27-28-45(40(35-43)36-52-54(30-29-37(3)4)51-53-44-17-11-12-18-46(44)65-51)64-50(58)39-21-25-42(26-22-39)60-32-14-8-10-16-34-62-48(56)6-2/h5-6,11-12,17-28,35-37H,1-2,7-10,13-16,29-34H2,3-4H3/b52-36+. The second kappa shape index (κ2) is 26.7. The highest BCUT2D eigenvalue weighted by Gasteiger charge is 2.17. The molecule has 1 aromatic heterocycles. The summed E-state index contributed by atoms with van der Waals surface area (Å²) >= 11 is 1.53. The van der Waals surface area contributed by atoms with Crippen LogP contribution >= 0.6 is 11.3 Å². The minimum absolute atomic E-state index is 0.212. The Kier molecular flexibility index (Phi) is 20.2. The zero-order chi connectivity index (χ0) is 46.2. The number of para-hydroxylation sites is 1. The van der Waals surface area contributed by atoms with Crippen LogP contribution in [0.2, 0.25) is 0 Å². The lowest BCUT2D eigenvalue weighted by Gasteiger charge is -2.17. The van der Waals surface area contributed by atoms with Crippen molar-refractivity contribution in [2.24, 2.45) is 11.0 Å². The van der Waals surface area contributed by atoms with Gasteiger partial charge in [-0.1, -0.05) is 50.5 Å². The van der Waals surface area contributed by atoms with Crippen molar-refractivity contribution in [1.82, 2.24) is 4.98 Å². The maximum atomic E-state index is 13.5. The van der Waals surface area contributed by atoms with Crippen LogP contribution in [-0.4, -0.2) is 68.0 Å². The summed E-state index contributed by atoms with van der Waals surface area (Å²) in [4.78, 5) is 54.0. The minimum Gasteiger partial charge on any atom is -0.494 e. The van der Waals surface area contributed by atoms with Crippen molar-refractivity contribution in [2.75, 3.05) is 38.0 Å². The number of carbonyl (C=O) groups excluding carboxylic acids is 4. The molecule has 0 amide bonds. The number of carbonyl (C=O) groups is 4. The number of esters is 4. The summed E-state index contributed by atoms with van der Waals surface area (Å²) in [5.41, 5.74) is 1.91. The predicted octanol–water partition coefficient (Wildman–Crippen LogP) is 11.0. The van der Waals surface area contributed by atoms with Gasteiger partial charge in [-0.2, -0.15) is 5.10 Å². The topological polar surface area (TPSA) is 152 Å². The molecule has 0 saturated heterocycles. The molecule has 0 saturated carbocycles. The highest BCUT2D eigenvalue weighted by atomic mass is 32.1. The summed E-state index contributed by atoms with van der Waals surface area (Å²) in [5.74, 6) is 0.0801. The van der Waals surface area contributed by atoms with E-state index >= 15 is 0 Å². The number of ether oxygens (including phenoxy) is 6. The first-order valence-corrected chi connectivity index (χ1v) is 22.7. The van der Waals surface area contributed by atoms with Crippen LogP contribution in [0.5, 0.6) is 23.0 Å². The van der Waals surface area contributed by atoms with Crippen LogP contribution in [0.15, 0.2) is 121 Å². The first kappa shape index (κ1) is 49.2. The van der Waals surface area contributed by atoms with E-state index in [1.54, 1.807) is 72.9 Å². The SMILES string of the molecule is C=CC(=O)OCCCCCCOc1ccc(C(=O)Oc2ccc(OC(=O)c3ccc(OCCCCCCOC(=O)C=C)cc3)c(/C=N/N(CCC(C)C)c3nc4ccccc4s3)c2)cc1. The Balaban J connectivity index is 1.24. The Hall–Kier alpha value is -6.80. The second-order valence-corrected chi connectivity index (χ2v) is 16.3. The van der Waals surface area contributed by atoms with E-state index in [2.05, 4.69) is 27.0 Å². The number of benzene rings is 4. The molecule has 0 aliphatic rings. The molecule has 0 radical (unpaired) electrons. The largest absolute Gasteiger partial charge is 0.494 e. The van der Waals surface area contributed by atoms with Crippen LogP contribution in [0.25, 0.3) is 10.2 Å². The first-order chi connectivity index (χ1) is 31.6. The molecule has 5 aromatic rings. The molecule has 13 nitrogen and oxygen atoms in total. The summed E-state index contributed by atoms with van der Waals surface area (Å²) in [7, 11) is 0. The predicted molar refractivity (Wildman–Crippen MR) is 253 cm³/mol. The van der Waals surface area contributed by atoms with Crippen molar-refractivity contribution in [3.8, 4) is 23.0 Å². The van der Waals surface area contributed by atoms with Crippen molar-refractivity contribution < 1.29 is 47.6 Å². The molecule has 65 heavy (non-hydrogen) atoms. The van der Waals surface area contributed by atoms with Gasteiger partial charge in [0.15, 0.2) is 0 Å². The Morgan fingerprint density at radius 1 is 0.662 bits per heavy atom. The molecule has 0 spiro atoms. The maximum Gasteiger partial charge on any atom is 0.343 e. The minimum atomic E-state index is -0.593. The molecular weight excluding hydrogens is 847 g/mol. The van der Waals surface area contributed by atoms with Crippen LogP contribution in [0, 0.1) is 5.92 Å². The van der Waals surface area contributed by atoms with Gasteiger partial charge in [-0.25, -0.2) is 29.2 Å². The third-order valence-electron chi connectivity index (χ3n) is 9.77. The molecule has 0 aliphatic carbocycles. The number of hydrazone groups is 1. The zero-order valence-electron chi connectivity index (χ0n) is 37.1. The summed E-state index contributed by atoms with van der Waals surface area (Å²) in [6.07, 6.45) is 11.6. The smallest absolute Gasteiger partial charge is 0.343 e. The average molecular weight is 904 g/mol. The fraction of sp³-hybridized carbons (Fsp3) is 0.333. The van der Waals surface area contributed by atoms with E-state index in [1.165, 1.54) is 11.3 Å². The number of fused-ring (bicyclic) bond motifs is 1. The number of anilines is 1. The quantitative estimate of drug-likeness (QED) is 0.0117. The van der Waals surface area contributed by atoms with Gasteiger partial charge in [-0.15, -0.1) is 0 Å².